The number of nitrogens with zero attached hydrogens (tertiary/aromatic N) is 1. The Bertz CT molecular complexity index is 998. The third-order valence-electron chi connectivity index (χ3n) is 4.60. The maximum Gasteiger partial charge on any atom is 0.309 e. The fraction of sp³-hybridized carbons (Fsp3) is 0.240. The SMILES string of the molecule is COc1ccc(C(=O)C(OC(=O)C(C)C)c2ccc(OCc3ccccc3)cc2)cn1. The smallest absolute Gasteiger partial charge is 0.309 e. The van der Waals surface area contributed by atoms with Crippen LogP contribution in [0.25, 0.3) is 0 Å². The van der Waals surface area contributed by atoms with Gasteiger partial charge in [0.1, 0.15) is 12.4 Å². The summed E-state index contributed by atoms with van der Waals surface area (Å²) in [5, 5.41) is 0. The lowest BCUT2D eigenvalue weighted by Crippen LogP contribution is -2.23. The molecule has 1 atom stereocenters. The third-order valence-corrected chi connectivity index (χ3v) is 4.60. The Morgan fingerprint density at radius 3 is 2.23 bits per heavy atom. The van der Waals surface area contributed by atoms with Gasteiger partial charge in [-0.3, -0.25) is 9.59 Å². The van der Waals surface area contributed by atoms with Crippen molar-refractivity contribution in [1.29, 1.82) is 0 Å². The molecule has 0 fully saturated rings. The molecule has 0 amide bonds. The molecule has 0 aliphatic carbocycles. The highest BCUT2D eigenvalue weighted by Crippen LogP contribution is 2.26. The summed E-state index contributed by atoms with van der Waals surface area (Å²) >= 11 is 0. The highest BCUT2D eigenvalue weighted by atomic mass is 16.5. The first-order valence-corrected chi connectivity index (χ1v) is 9.99. The first kappa shape index (κ1) is 22.0. The molecule has 0 spiro atoms. The molecule has 0 radical (unpaired) electrons. The van der Waals surface area contributed by atoms with Crippen LogP contribution in [0.15, 0.2) is 72.9 Å². The van der Waals surface area contributed by atoms with E-state index in [0.29, 0.717) is 29.4 Å². The summed E-state index contributed by atoms with van der Waals surface area (Å²) < 4.78 is 16.4. The van der Waals surface area contributed by atoms with Crippen molar-refractivity contribution in [2.75, 3.05) is 7.11 Å². The van der Waals surface area contributed by atoms with Gasteiger partial charge in [-0.2, -0.15) is 0 Å². The van der Waals surface area contributed by atoms with Gasteiger partial charge in [0.15, 0.2) is 6.10 Å². The molecule has 1 unspecified atom stereocenters. The monoisotopic (exact) mass is 419 g/mol. The van der Waals surface area contributed by atoms with E-state index in [4.69, 9.17) is 14.2 Å². The molecule has 0 N–H and O–H groups in total. The maximum absolute atomic E-state index is 13.1. The predicted molar refractivity (Wildman–Crippen MR) is 116 cm³/mol. The Labute approximate surface area is 181 Å². The van der Waals surface area contributed by atoms with Crippen LogP contribution in [0.4, 0.5) is 0 Å². The van der Waals surface area contributed by atoms with Gasteiger partial charge >= 0.3 is 5.97 Å². The van der Waals surface area contributed by atoms with Gasteiger partial charge in [-0.05, 0) is 23.8 Å². The molecule has 3 aromatic rings. The Balaban J connectivity index is 1.79. The quantitative estimate of drug-likeness (QED) is 0.367. The minimum atomic E-state index is -1.08. The number of rotatable bonds is 9. The molecule has 31 heavy (non-hydrogen) atoms. The number of ether oxygens (including phenoxy) is 3. The van der Waals surface area contributed by atoms with E-state index in [2.05, 4.69) is 4.98 Å². The number of pyridine rings is 1. The molecule has 1 heterocycles. The van der Waals surface area contributed by atoms with E-state index in [1.165, 1.54) is 13.3 Å². The Kier molecular flexibility index (Phi) is 7.38. The van der Waals surface area contributed by atoms with Crippen LogP contribution in [0.5, 0.6) is 11.6 Å². The van der Waals surface area contributed by atoms with E-state index in [9.17, 15) is 9.59 Å². The van der Waals surface area contributed by atoms with E-state index < -0.39 is 12.1 Å². The average Bonchev–Trinajstić information content (AvgIpc) is 2.81. The topological polar surface area (TPSA) is 74.7 Å². The molecule has 6 heteroatoms. The van der Waals surface area contributed by atoms with Crippen molar-refractivity contribution in [3.8, 4) is 11.6 Å². The zero-order valence-electron chi connectivity index (χ0n) is 17.8. The van der Waals surface area contributed by atoms with Gasteiger partial charge in [-0.1, -0.05) is 56.3 Å². The van der Waals surface area contributed by atoms with Crippen LogP contribution in [-0.4, -0.2) is 23.8 Å². The number of benzene rings is 2. The fourth-order valence-electron chi connectivity index (χ4n) is 2.80. The van der Waals surface area contributed by atoms with Crippen molar-refractivity contribution in [3.05, 3.63) is 89.6 Å². The van der Waals surface area contributed by atoms with Crippen molar-refractivity contribution in [2.24, 2.45) is 5.92 Å². The molecular formula is C25H25NO5. The number of hydrogen-bond acceptors (Lipinski definition) is 6. The normalized spacial score (nSPS) is 11.6. The third kappa shape index (κ3) is 5.92. The van der Waals surface area contributed by atoms with E-state index in [1.807, 2.05) is 30.3 Å². The molecule has 160 valence electrons. The molecule has 2 aromatic carbocycles. The number of ketones is 1. The molecule has 0 saturated heterocycles. The van der Waals surface area contributed by atoms with Gasteiger partial charge in [-0.15, -0.1) is 0 Å². The van der Waals surface area contributed by atoms with Crippen LogP contribution in [0.2, 0.25) is 0 Å². The van der Waals surface area contributed by atoms with Crippen LogP contribution >= 0.6 is 0 Å². The number of esters is 1. The van der Waals surface area contributed by atoms with Gasteiger partial charge in [0, 0.05) is 23.4 Å². The van der Waals surface area contributed by atoms with E-state index in [-0.39, 0.29) is 11.7 Å². The van der Waals surface area contributed by atoms with Gasteiger partial charge in [0.05, 0.1) is 13.0 Å². The predicted octanol–water partition coefficient (Wildman–Crippen LogP) is 4.79. The second-order valence-corrected chi connectivity index (χ2v) is 7.27. The zero-order chi connectivity index (χ0) is 22.2. The van der Waals surface area contributed by atoms with Crippen molar-refractivity contribution in [2.45, 2.75) is 26.6 Å². The second kappa shape index (κ2) is 10.4. The molecular weight excluding hydrogens is 394 g/mol. The zero-order valence-corrected chi connectivity index (χ0v) is 17.8. The van der Waals surface area contributed by atoms with Crippen molar-refractivity contribution in [3.63, 3.8) is 0 Å². The minimum Gasteiger partial charge on any atom is -0.489 e. The number of Topliss-reactive ketones (excluding diaryl/α,β-unsaturated/α-hetero) is 1. The van der Waals surface area contributed by atoms with Crippen LogP contribution in [0.1, 0.15) is 41.4 Å². The molecule has 1 aromatic heterocycles. The highest BCUT2D eigenvalue weighted by Gasteiger charge is 2.27. The lowest BCUT2D eigenvalue weighted by Gasteiger charge is -2.19. The van der Waals surface area contributed by atoms with Crippen molar-refractivity contribution in [1.82, 2.24) is 4.98 Å². The van der Waals surface area contributed by atoms with Crippen molar-refractivity contribution < 1.29 is 23.8 Å². The number of carbonyl (C=O) groups is 2. The summed E-state index contributed by atoms with van der Waals surface area (Å²) in [4.78, 5) is 29.4. The molecule has 0 bridgehead atoms. The molecule has 6 nitrogen and oxygen atoms in total. The highest BCUT2D eigenvalue weighted by molar-refractivity contribution is 6.00. The Hall–Kier alpha value is -3.67. The minimum absolute atomic E-state index is 0.326. The van der Waals surface area contributed by atoms with Crippen LogP contribution in [0, 0.1) is 5.92 Å². The average molecular weight is 419 g/mol. The number of aromatic nitrogens is 1. The summed E-state index contributed by atoms with van der Waals surface area (Å²) in [6.07, 6.45) is 0.336. The standard InChI is InChI=1S/C25H25NO5/c1-17(2)25(28)31-24(23(27)20-11-14-22(29-3)26-15-20)19-9-12-21(13-10-19)30-16-18-7-5-4-6-8-18/h4-15,17,24H,16H2,1-3H3. The fourth-order valence-corrected chi connectivity index (χ4v) is 2.80. The molecule has 3 rings (SSSR count). The van der Waals surface area contributed by atoms with Gasteiger partial charge in [0.2, 0.25) is 11.7 Å². The summed E-state index contributed by atoms with van der Waals surface area (Å²) in [5.41, 5.74) is 1.94. The largest absolute Gasteiger partial charge is 0.489 e. The molecule has 0 aliphatic rings. The van der Waals surface area contributed by atoms with Gasteiger partial charge in [-0.25, -0.2) is 4.98 Å². The van der Waals surface area contributed by atoms with Crippen LogP contribution in [-0.2, 0) is 16.1 Å². The van der Waals surface area contributed by atoms with Crippen LogP contribution < -0.4 is 9.47 Å². The summed E-state index contributed by atoms with van der Waals surface area (Å²) in [6.45, 7) is 3.88. The molecule has 0 saturated carbocycles. The van der Waals surface area contributed by atoms with Gasteiger partial charge in [0.25, 0.3) is 0 Å². The van der Waals surface area contributed by atoms with E-state index in [0.717, 1.165) is 5.56 Å². The lowest BCUT2D eigenvalue weighted by atomic mass is 10.0. The summed E-state index contributed by atoms with van der Waals surface area (Å²) in [7, 11) is 1.50. The number of carbonyl (C=O) groups excluding carboxylic acids is 2. The number of hydrogen-bond donors (Lipinski definition) is 0. The van der Waals surface area contributed by atoms with E-state index in [1.54, 1.807) is 50.2 Å². The van der Waals surface area contributed by atoms with E-state index >= 15 is 0 Å². The first-order valence-electron chi connectivity index (χ1n) is 9.99. The Morgan fingerprint density at radius 1 is 0.935 bits per heavy atom. The lowest BCUT2D eigenvalue weighted by molar-refractivity contribution is -0.151. The first-order chi connectivity index (χ1) is 15.0. The maximum atomic E-state index is 13.1. The number of methoxy groups -OCH3 is 1. The van der Waals surface area contributed by atoms with Crippen LogP contribution in [0.3, 0.4) is 0 Å². The summed E-state index contributed by atoms with van der Waals surface area (Å²) in [5.74, 6) is -0.128. The second-order valence-electron chi connectivity index (χ2n) is 7.27. The van der Waals surface area contributed by atoms with Crippen molar-refractivity contribution >= 4 is 11.8 Å². The van der Waals surface area contributed by atoms with Gasteiger partial charge < -0.3 is 14.2 Å². The molecule has 0 aliphatic heterocycles. The summed E-state index contributed by atoms with van der Waals surface area (Å²) in [6, 6.07) is 20.0. The Morgan fingerprint density at radius 2 is 1.65 bits per heavy atom.